The standard InChI is InChI=1S/C23H23ClN8O2/c1-12(21(24)32(4)25-2)27-23-26-9-8-16(29-23)14-6-5-7-15(28-14)17-11-19(34-30-17)20-13-10-18(13)31(3)22(20)33/h5-9,11,13,18,20H,2,10H2,1,3-4H3,(H,26,27,29)/b21-12+/t13-,18+,20-/m0/s1. The van der Waals surface area contributed by atoms with Crippen LogP contribution < -0.4 is 5.32 Å². The molecule has 3 atom stereocenters. The summed E-state index contributed by atoms with van der Waals surface area (Å²) in [4.78, 5) is 27.8. The molecule has 1 saturated heterocycles. The molecule has 3 aromatic rings. The first-order chi connectivity index (χ1) is 16.4. The second kappa shape index (κ2) is 8.53. The van der Waals surface area contributed by atoms with Gasteiger partial charge in [0.25, 0.3) is 0 Å². The monoisotopic (exact) mass is 478 g/mol. The minimum atomic E-state index is -0.256. The van der Waals surface area contributed by atoms with Gasteiger partial charge in [0, 0.05) is 45.0 Å². The number of likely N-dealkylation sites (N-methyl/N-ethyl adjacent to an activating group) is 1. The van der Waals surface area contributed by atoms with E-state index in [1.807, 2.05) is 36.2 Å². The van der Waals surface area contributed by atoms with E-state index in [1.165, 1.54) is 5.01 Å². The molecule has 2 fully saturated rings. The Labute approximate surface area is 201 Å². The number of aromatic nitrogens is 4. The Bertz CT molecular complexity index is 1310. The number of halogens is 1. The van der Waals surface area contributed by atoms with Gasteiger partial charge >= 0.3 is 0 Å². The first-order valence-corrected chi connectivity index (χ1v) is 11.1. The van der Waals surface area contributed by atoms with Crippen molar-refractivity contribution in [3.05, 3.63) is 53.1 Å². The molecule has 1 saturated carbocycles. The largest absolute Gasteiger partial charge is 0.360 e. The van der Waals surface area contributed by atoms with Crippen LogP contribution in [0, 0.1) is 5.92 Å². The van der Waals surface area contributed by atoms with Gasteiger partial charge in [-0.25, -0.2) is 15.0 Å². The predicted molar refractivity (Wildman–Crippen MR) is 128 cm³/mol. The molecule has 0 bridgehead atoms. The molecule has 174 valence electrons. The van der Waals surface area contributed by atoms with E-state index in [1.54, 1.807) is 26.2 Å². The lowest BCUT2D eigenvalue weighted by Crippen LogP contribution is -2.26. The molecule has 1 amide bonds. The van der Waals surface area contributed by atoms with E-state index in [9.17, 15) is 4.79 Å². The summed E-state index contributed by atoms with van der Waals surface area (Å²) >= 11 is 6.26. The fourth-order valence-electron chi connectivity index (χ4n) is 4.26. The van der Waals surface area contributed by atoms with Crippen molar-refractivity contribution in [1.82, 2.24) is 30.0 Å². The molecule has 10 nitrogen and oxygen atoms in total. The van der Waals surface area contributed by atoms with Crippen LogP contribution in [0.3, 0.4) is 0 Å². The highest BCUT2D eigenvalue weighted by Gasteiger charge is 2.58. The number of likely N-dealkylation sites (tertiary alicyclic amines) is 1. The van der Waals surface area contributed by atoms with Crippen LogP contribution in [0.4, 0.5) is 5.95 Å². The Morgan fingerprint density at radius 2 is 2.00 bits per heavy atom. The number of fused-ring (bicyclic) bond motifs is 1. The molecule has 1 aliphatic carbocycles. The third kappa shape index (κ3) is 3.90. The van der Waals surface area contributed by atoms with E-state index in [-0.39, 0.29) is 11.8 Å². The molecule has 2 aliphatic rings. The summed E-state index contributed by atoms with van der Waals surface area (Å²) in [6.45, 7) is 5.24. The van der Waals surface area contributed by atoms with Gasteiger partial charge in [0.2, 0.25) is 11.9 Å². The van der Waals surface area contributed by atoms with Gasteiger partial charge in [0.05, 0.1) is 22.8 Å². The normalized spacial score (nSPS) is 21.7. The summed E-state index contributed by atoms with van der Waals surface area (Å²) < 4.78 is 5.57. The summed E-state index contributed by atoms with van der Waals surface area (Å²) in [5, 5.41) is 12.8. The first kappa shape index (κ1) is 22.0. The maximum absolute atomic E-state index is 12.5. The molecule has 0 radical (unpaired) electrons. The smallest absolute Gasteiger partial charge is 0.233 e. The SMILES string of the molecule is C=NN(C)/C(Cl)=C(\C)Nc1nccc(-c2cccc(-c3cc([C@H]4C(=O)N(C)[C@@H]5C[C@H]45)on3)n2)n1. The van der Waals surface area contributed by atoms with E-state index >= 15 is 0 Å². The van der Waals surface area contributed by atoms with Crippen molar-refractivity contribution in [2.75, 3.05) is 19.4 Å². The lowest BCUT2D eigenvalue weighted by molar-refractivity contribution is -0.129. The summed E-state index contributed by atoms with van der Waals surface area (Å²) in [6.07, 6.45) is 2.65. The number of pyridine rings is 1. The highest BCUT2D eigenvalue weighted by Crippen LogP contribution is 2.53. The number of allylic oxidation sites excluding steroid dienone is 1. The Kier molecular flexibility index (Phi) is 5.52. The molecule has 11 heteroatoms. The fourth-order valence-corrected chi connectivity index (χ4v) is 4.37. The van der Waals surface area contributed by atoms with Crippen molar-refractivity contribution in [1.29, 1.82) is 0 Å². The number of hydrogen-bond acceptors (Lipinski definition) is 9. The van der Waals surface area contributed by atoms with Gasteiger partial charge in [-0.2, -0.15) is 5.10 Å². The lowest BCUT2D eigenvalue weighted by atomic mass is 10.0. The van der Waals surface area contributed by atoms with Gasteiger partial charge in [-0.1, -0.05) is 22.8 Å². The van der Waals surface area contributed by atoms with Crippen LogP contribution in [0.1, 0.15) is 25.0 Å². The van der Waals surface area contributed by atoms with E-state index < -0.39 is 0 Å². The third-order valence-electron chi connectivity index (χ3n) is 6.21. The number of carbonyl (C=O) groups is 1. The molecule has 0 spiro atoms. The van der Waals surface area contributed by atoms with Crippen LogP contribution in [0.25, 0.3) is 22.8 Å². The highest BCUT2D eigenvalue weighted by atomic mass is 35.5. The summed E-state index contributed by atoms with van der Waals surface area (Å²) in [5.41, 5.74) is 3.09. The minimum Gasteiger partial charge on any atom is -0.360 e. The third-order valence-corrected chi connectivity index (χ3v) is 6.74. The number of piperidine rings is 1. The number of nitrogens with zero attached hydrogens (tertiary/aromatic N) is 7. The Hall–Kier alpha value is -3.79. The maximum Gasteiger partial charge on any atom is 0.233 e. The Morgan fingerprint density at radius 1 is 1.26 bits per heavy atom. The van der Waals surface area contributed by atoms with Crippen LogP contribution in [0.15, 0.2) is 57.0 Å². The predicted octanol–water partition coefficient (Wildman–Crippen LogP) is 3.52. The van der Waals surface area contributed by atoms with Gasteiger partial charge < -0.3 is 14.7 Å². The Balaban J connectivity index is 1.38. The average molecular weight is 479 g/mol. The average Bonchev–Trinajstić information content (AvgIpc) is 3.40. The molecule has 1 aliphatic heterocycles. The zero-order valence-corrected chi connectivity index (χ0v) is 19.7. The Morgan fingerprint density at radius 3 is 2.71 bits per heavy atom. The zero-order chi connectivity index (χ0) is 24.0. The van der Waals surface area contributed by atoms with Crippen molar-refractivity contribution in [3.63, 3.8) is 0 Å². The van der Waals surface area contributed by atoms with Crippen LogP contribution in [0.2, 0.25) is 0 Å². The van der Waals surface area contributed by atoms with Crippen LogP contribution in [-0.4, -0.2) is 62.8 Å². The number of nitrogens with one attached hydrogen (secondary N) is 1. The fraction of sp³-hybridized carbons (Fsp3) is 0.304. The topological polar surface area (TPSA) is 113 Å². The number of hydrogen-bond donors (Lipinski definition) is 1. The van der Waals surface area contributed by atoms with Crippen molar-refractivity contribution in [2.45, 2.75) is 25.3 Å². The highest BCUT2D eigenvalue weighted by molar-refractivity contribution is 6.29. The van der Waals surface area contributed by atoms with Crippen molar-refractivity contribution >= 4 is 30.2 Å². The molecule has 34 heavy (non-hydrogen) atoms. The number of anilines is 1. The molecule has 0 aromatic carbocycles. The van der Waals surface area contributed by atoms with E-state index in [0.29, 0.717) is 57.3 Å². The number of rotatable bonds is 7. The van der Waals surface area contributed by atoms with Gasteiger partial charge in [0.15, 0.2) is 0 Å². The number of hydrazone groups is 1. The molecule has 5 rings (SSSR count). The first-order valence-electron chi connectivity index (χ1n) is 10.7. The van der Waals surface area contributed by atoms with Crippen LogP contribution >= 0.6 is 11.6 Å². The molecule has 0 unspecified atom stereocenters. The van der Waals surface area contributed by atoms with Gasteiger partial charge in [0.1, 0.15) is 22.5 Å². The van der Waals surface area contributed by atoms with Crippen molar-refractivity contribution < 1.29 is 9.32 Å². The molecular formula is C23H23ClN8O2. The van der Waals surface area contributed by atoms with Gasteiger partial charge in [-0.15, -0.1) is 0 Å². The van der Waals surface area contributed by atoms with E-state index in [2.05, 4.69) is 32.3 Å². The summed E-state index contributed by atoms with van der Waals surface area (Å²) in [7, 11) is 3.53. The molecule has 3 aromatic heterocycles. The van der Waals surface area contributed by atoms with Gasteiger partial charge in [-0.05, 0) is 31.5 Å². The second-order valence-electron chi connectivity index (χ2n) is 8.39. The summed E-state index contributed by atoms with van der Waals surface area (Å²) in [6, 6.07) is 9.49. The van der Waals surface area contributed by atoms with Crippen LogP contribution in [0.5, 0.6) is 0 Å². The van der Waals surface area contributed by atoms with Crippen LogP contribution in [-0.2, 0) is 4.79 Å². The molecule has 4 heterocycles. The van der Waals surface area contributed by atoms with Gasteiger partial charge in [-0.3, -0.25) is 9.80 Å². The summed E-state index contributed by atoms with van der Waals surface area (Å²) in [5.74, 6) is 1.11. The second-order valence-corrected chi connectivity index (χ2v) is 8.75. The number of carbonyl (C=O) groups excluding carboxylic acids is 1. The van der Waals surface area contributed by atoms with E-state index in [0.717, 1.165) is 6.42 Å². The molecule has 1 N–H and O–H groups in total. The lowest BCUT2D eigenvalue weighted by Gasteiger charge is -2.14. The zero-order valence-electron chi connectivity index (χ0n) is 18.9. The number of amides is 1. The maximum atomic E-state index is 12.5. The van der Waals surface area contributed by atoms with Crippen molar-refractivity contribution in [2.24, 2.45) is 11.0 Å². The molecular weight excluding hydrogens is 456 g/mol. The minimum absolute atomic E-state index is 0.0891. The van der Waals surface area contributed by atoms with Crippen molar-refractivity contribution in [3.8, 4) is 22.8 Å². The van der Waals surface area contributed by atoms with E-state index in [4.69, 9.17) is 21.1 Å². The quantitative estimate of drug-likeness (QED) is 0.312.